The van der Waals surface area contributed by atoms with Crippen LogP contribution in [0.1, 0.15) is 28.9 Å². The van der Waals surface area contributed by atoms with E-state index >= 15 is 0 Å². The Morgan fingerprint density at radius 3 is 2.86 bits per heavy atom. The average molecular weight is 411 g/mol. The predicted octanol–water partition coefficient (Wildman–Crippen LogP) is 2.78. The molecule has 0 radical (unpaired) electrons. The number of hydrogen-bond acceptors (Lipinski definition) is 6. The van der Waals surface area contributed by atoms with Gasteiger partial charge in [-0.1, -0.05) is 12.1 Å². The average Bonchev–Trinajstić information content (AvgIpc) is 3.25. The van der Waals surface area contributed by atoms with Gasteiger partial charge in [-0.3, -0.25) is 18.8 Å². The van der Waals surface area contributed by atoms with Crippen molar-refractivity contribution in [1.82, 2.24) is 9.38 Å². The van der Waals surface area contributed by atoms with Crippen molar-refractivity contribution in [3.63, 3.8) is 0 Å². The Hall–Kier alpha value is -3.00. The van der Waals surface area contributed by atoms with Crippen molar-refractivity contribution in [1.29, 1.82) is 0 Å². The molecule has 1 aliphatic rings. The van der Waals surface area contributed by atoms with Gasteiger partial charge in [0.1, 0.15) is 6.61 Å². The van der Waals surface area contributed by atoms with Crippen LogP contribution in [0.2, 0.25) is 0 Å². The second-order valence-corrected chi connectivity index (χ2v) is 8.15. The molecule has 3 aromatic rings. The van der Waals surface area contributed by atoms with Gasteiger partial charge in [-0.25, -0.2) is 4.98 Å². The first kappa shape index (κ1) is 19.3. The number of nitrogens with zero attached hydrogens (tertiary/aromatic N) is 3. The van der Waals surface area contributed by atoms with E-state index in [1.165, 1.54) is 21.8 Å². The maximum Gasteiger partial charge on any atom is 0.311 e. The molecule has 0 N–H and O–H groups in total. The highest BCUT2D eigenvalue weighted by Gasteiger charge is 2.36. The molecule has 8 heteroatoms. The summed E-state index contributed by atoms with van der Waals surface area (Å²) in [4.78, 5) is 43.8. The van der Waals surface area contributed by atoms with Gasteiger partial charge in [-0.2, -0.15) is 0 Å². The molecule has 150 valence electrons. The zero-order valence-electron chi connectivity index (χ0n) is 16.5. The number of aryl methyl sites for hydroxylation is 2. The van der Waals surface area contributed by atoms with Crippen LogP contribution in [0, 0.1) is 26.7 Å². The van der Waals surface area contributed by atoms with E-state index in [-0.39, 0.29) is 24.5 Å². The van der Waals surface area contributed by atoms with Crippen LogP contribution in [-0.2, 0) is 20.9 Å². The number of carbonyl (C=O) groups is 2. The zero-order valence-corrected chi connectivity index (χ0v) is 17.3. The summed E-state index contributed by atoms with van der Waals surface area (Å²) in [5.41, 5.74) is 3.98. The van der Waals surface area contributed by atoms with Crippen LogP contribution < -0.4 is 10.5 Å². The molecule has 1 aliphatic heterocycles. The number of hydrogen-bond donors (Lipinski definition) is 0. The lowest BCUT2D eigenvalue weighted by molar-refractivity contribution is -0.149. The maximum atomic E-state index is 12.5. The van der Waals surface area contributed by atoms with Crippen molar-refractivity contribution < 1.29 is 14.3 Å². The van der Waals surface area contributed by atoms with Crippen LogP contribution in [0.25, 0.3) is 4.96 Å². The quantitative estimate of drug-likeness (QED) is 0.617. The first-order valence-electron chi connectivity index (χ1n) is 9.35. The summed E-state index contributed by atoms with van der Waals surface area (Å²) in [6.45, 7) is 6.00. The summed E-state index contributed by atoms with van der Waals surface area (Å²) in [7, 11) is 0. The number of anilines is 1. The number of thiazole rings is 1. The second-order valence-electron chi connectivity index (χ2n) is 7.31. The topological polar surface area (TPSA) is 81.0 Å². The Labute approximate surface area is 171 Å². The molecule has 29 heavy (non-hydrogen) atoms. The molecule has 1 atom stereocenters. The summed E-state index contributed by atoms with van der Waals surface area (Å²) in [5, 5.41) is 1.85. The van der Waals surface area contributed by atoms with Crippen molar-refractivity contribution in [2.45, 2.75) is 33.8 Å². The molecule has 0 spiro atoms. The van der Waals surface area contributed by atoms with Crippen LogP contribution in [-0.4, -0.2) is 27.8 Å². The van der Waals surface area contributed by atoms with Gasteiger partial charge in [0.2, 0.25) is 5.91 Å². The fraction of sp³-hybridized carbons (Fsp3) is 0.333. The number of fused-ring (bicyclic) bond motifs is 1. The monoisotopic (exact) mass is 411 g/mol. The van der Waals surface area contributed by atoms with E-state index in [9.17, 15) is 14.4 Å². The minimum absolute atomic E-state index is 0.0876. The largest absolute Gasteiger partial charge is 0.459 e. The van der Waals surface area contributed by atoms with E-state index < -0.39 is 11.9 Å². The van der Waals surface area contributed by atoms with E-state index in [4.69, 9.17) is 4.74 Å². The Morgan fingerprint density at radius 2 is 2.07 bits per heavy atom. The van der Waals surface area contributed by atoms with Crippen molar-refractivity contribution in [3.05, 3.63) is 62.5 Å². The highest BCUT2D eigenvalue weighted by Crippen LogP contribution is 2.30. The van der Waals surface area contributed by atoms with E-state index in [1.807, 2.05) is 44.4 Å². The summed E-state index contributed by atoms with van der Waals surface area (Å²) >= 11 is 1.36. The number of aromatic nitrogens is 2. The van der Waals surface area contributed by atoms with Gasteiger partial charge in [0, 0.05) is 35.8 Å². The van der Waals surface area contributed by atoms with Crippen LogP contribution in [0.4, 0.5) is 5.69 Å². The maximum absolute atomic E-state index is 12.5. The smallest absolute Gasteiger partial charge is 0.311 e. The van der Waals surface area contributed by atoms with Gasteiger partial charge in [-0.15, -0.1) is 11.3 Å². The lowest BCUT2D eigenvalue weighted by Crippen LogP contribution is -2.27. The summed E-state index contributed by atoms with van der Waals surface area (Å²) in [6.07, 6.45) is 0.117. The number of benzene rings is 1. The summed E-state index contributed by atoms with van der Waals surface area (Å²) in [6, 6.07) is 7.17. The molecule has 7 nitrogen and oxygen atoms in total. The molecule has 0 bridgehead atoms. The van der Waals surface area contributed by atoms with E-state index in [2.05, 4.69) is 4.98 Å². The fourth-order valence-electron chi connectivity index (χ4n) is 3.56. The fourth-order valence-corrected chi connectivity index (χ4v) is 4.45. The highest BCUT2D eigenvalue weighted by atomic mass is 32.1. The molecule has 1 amide bonds. The predicted molar refractivity (Wildman–Crippen MR) is 110 cm³/mol. The van der Waals surface area contributed by atoms with Gasteiger partial charge in [-0.05, 0) is 38.0 Å². The standard InChI is InChI=1S/C21H21N3O4S/c1-12-5-4-6-17(14(12)3)23-9-15(7-18(23)25)20(27)28-10-16-8-19(26)24-13(2)11-29-21(24)22-16/h4-6,8,11,15H,7,9-10H2,1-3H3. The first-order chi connectivity index (χ1) is 13.8. The number of amides is 1. The molecule has 1 fully saturated rings. The van der Waals surface area contributed by atoms with Crippen LogP contribution in [0.5, 0.6) is 0 Å². The van der Waals surface area contributed by atoms with Crippen molar-refractivity contribution in [2.75, 3.05) is 11.4 Å². The van der Waals surface area contributed by atoms with Crippen molar-refractivity contribution >= 4 is 33.9 Å². The van der Waals surface area contributed by atoms with Crippen molar-refractivity contribution in [2.24, 2.45) is 5.92 Å². The number of ether oxygens (including phenoxy) is 1. The number of esters is 1. The molecule has 2 aromatic heterocycles. The molecular formula is C21H21N3O4S. The van der Waals surface area contributed by atoms with Crippen LogP contribution in [0.3, 0.4) is 0 Å². The number of carbonyl (C=O) groups excluding carboxylic acids is 2. The molecule has 3 heterocycles. The minimum Gasteiger partial charge on any atom is -0.459 e. The molecular weight excluding hydrogens is 390 g/mol. The lowest BCUT2D eigenvalue weighted by Gasteiger charge is -2.20. The third-order valence-corrected chi connectivity index (χ3v) is 6.26. The Morgan fingerprint density at radius 1 is 1.28 bits per heavy atom. The van der Waals surface area contributed by atoms with Gasteiger partial charge < -0.3 is 9.64 Å². The summed E-state index contributed by atoms with van der Waals surface area (Å²) in [5.74, 6) is -1.07. The Balaban J connectivity index is 1.45. The molecule has 1 aromatic carbocycles. The van der Waals surface area contributed by atoms with Gasteiger partial charge in [0.25, 0.3) is 5.56 Å². The lowest BCUT2D eigenvalue weighted by atomic mass is 10.1. The van der Waals surface area contributed by atoms with E-state index in [0.717, 1.165) is 22.5 Å². The van der Waals surface area contributed by atoms with Crippen molar-refractivity contribution in [3.8, 4) is 0 Å². The van der Waals surface area contributed by atoms with Crippen LogP contribution in [0.15, 0.2) is 34.4 Å². The minimum atomic E-state index is -0.531. The van der Waals surface area contributed by atoms with Crippen LogP contribution >= 0.6 is 11.3 Å². The molecule has 1 unspecified atom stereocenters. The highest BCUT2D eigenvalue weighted by molar-refractivity contribution is 7.15. The first-order valence-corrected chi connectivity index (χ1v) is 10.2. The Bertz CT molecular complexity index is 1180. The molecule has 4 rings (SSSR count). The number of rotatable bonds is 4. The third kappa shape index (κ3) is 3.55. The second kappa shape index (κ2) is 7.44. The zero-order chi connectivity index (χ0) is 20.7. The molecule has 1 saturated heterocycles. The summed E-state index contributed by atoms with van der Waals surface area (Å²) < 4.78 is 6.91. The van der Waals surface area contributed by atoms with E-state index in [1.54, 1.807) is 4.90 Å². The Kier molecular flexibility index (Phi) is 4.96. The SMILES string of the molecule is Cc1cccc(N2CC(C(=O)OCc3cc(=O)n4c(C)csc4n3)CC2=O)c1C. The van der Waals surface area contributed by atoms with Gasteiger partial charge in [0.15, 0.2) is 4.96 Å². The normalized spacial score (nSPS) is 16.6. The van der Waals surface area contributed by atoms with Gasteiger partial charge in [0.05, 0.1) is 11.6 Å². The van der Waals surface area contributed by atoms with Gasteiger partial charge >= 0.3 is 5.97 Å². The molecule has 0 saturated carbocycles. The third-order valence-electron chi connectivity index (χ3n) is 5.32. The van der Waals surface area contributed by atoms with E-state index in [0.29, 0.717) is 17.2 Å². The molecule has 0 aliphatic carbocycles.